The van der Waals surface area contributed by atoms with Crippen LogP contribution in [0.3, 0.4) is 0 Å². The van der Waals surface area contributed by atoms with Crippen molar-refractivity contribution < 1.29 is 14.0 Å². The van der Waals surface area contributed by atoms with Crippen molar-refractivity contribution in [1.82, 2.24) is 15.5 Å². The van der Waals surface area contributed by atoms with Gasteiger partial charge in [-0.05, 0) is 44.4 Å². The number of rotatable bonds is 7. The van der Waals surface area contributed by atoms with Crippen LogP contribution in [0.4, 0.5) is 4.39 Å². The predicted molar refractivity (Wildman–Crippen MR) is 89.0 cm³/mol. The van der Waals surface area contributed by atoms with Crippen LogP contribution in [0.1, 0.15) is 43.6 Å². The maximum atomic E-state index is 13.6. The third kappa shape index (κ3) is 3.82. The van der Waals surface area contributed by atoms with Crippen LogP contribution in [0.5, 0.6) is 0 Å². The van der Waals surface area contributed by atoms with Gasteiger partial charge in [0.1, 0.15) is 5.82 Å². The highest BCUT2D eigenvalue weighted by Crippen LogP contribution is 2.29. The molecule has 1 aromatic carbocycles. The van der Waals surface area contributed by atoms with Gasteiger partial charge >= 0.3 is 0 Å². The fraction of sp³-hybridized carbons (Fsp3) is 0.556. The van der Waals surface area contributed by atoms with E-state index in [2.05, 4.69) is 15.5 Å². The third-order valence-corrected chi connectivity index (χ3v) is 4.83. The Morgan fingerprint density at radius 3 is 2.83 bits per heavy atom. The third-order valence-electron chi connectivity index (χ3n) is 4.83. The number of aliphatic hydroxyl groups excluding tert-OH is 1. The van der Waals surface area contributed by atoms with E-state index < -0.39 is 0 Å². The Hall–Kier alpha value is -1.79. The smallest absolute Gasteiger partial charge is 0.227 e. The average molecular weight is 333 g/mol. The lowest BCUT2D eigenvalue weighted by atomic mass is 9.99. The highest BCUT2D eigenvalue weighted by atomic mass is 19.1. The molecule has 1 saturated carbocycles. The van der Waals surface area contributed by atoms with Crippen molar-refractivity contribution in [2.45, 2.75) is 51.0 Å². The highest BCUT2D eigenvalue weighted by molar-refractivity contribution is 5.54. The Kier molecular flexibility index (Phi) is 5.26. The maximum absolute atomic E-state index is 13.6. The molecular formula is C18H24FN3O2. The first-order chi connectivity index (χ1) is 11.6. The van der Waals surface area contributed by atoms with Gasteiger partial charge in [-0.15, -0.1) is 0 Å². The number of aromatic nitrogens is 2. The molecular weight excluding hydrogens is 309 g/mol. The van der Waals surface area contributed by atoms with E-state index in [1.54, 1.807) is 19.1 Å². The van der Waals surface area contributed by atoms with Gasteiger partial charge in [-0.3, -0.25) is 0 Å². The first kappa shape index (κ1) is 17.0. The molecule has 0 unspecified atom stereocenters. The summed E-state index contributed by atoms with van der Waals surface area (Å²) >= 11 is 0. The zero-order valence-electron chi connectivity index (χ0n) is 14.0. The molecule has 1 heterocycles. The summed E-state index contributed by atoms with van der Waals surface area (Å²) in [6.45, 7) is 2.71. The molecule has 0 bridgehead atoms. The van der Waals surface area contributed by atoms with Crippen LogP contribution < -0.4 is 5.32 Å². The largest absolute Gasteiger partial charge is 0.394 e. The molecule has 1 aromatic heterocycles. The van der Waals surface area contributed by atoms with E-state index in [-0.39, 0.29) is 18.0 Å². The molecule has 0 aliphatic heterocycles. The van der Waals surface area contributed by atoms with Crippen molar-refractivity contribution in [2.24, 2.45) is 0 Å². The number of benzene rings is 1. The topological polar surface area (TPSA) is 71.2 Å². The first-order valence-corrected chi connectivity index (χ1v) is 8.57. The molecule has 130 valence electrons. The number of hydrogen-bond acceptors (Lipinski definition) is 5. The van der Waals surface area contributed by atoms with E-state index in [4.69, 9.17) is 4.52 Å². The minimum Gasteiger partial charge on any atom is -0.394 e. The summed E-state index contributed by atoms with van der Waals surface area (Å²) < 4.78 is 18.9. The fourth-order valence-electron chi connectivity index (χ4n) is 3.24. The number of nitrogens with one attached hydrogen (secondary N) is 1. The molecule has 24 heavy (non-hydrogen) atoms. The van der Waals surface area contributed by atoms with Crippen LogP contribution in [-0.4, -0.2) is 33.9 Å². The van der Waals surface area contributed by atoms with Crippen molar-refractivity contribution in [3.63, 3.8) is 0 Å². The van der Waals surface area contributed by atoms with E-state index in [1.165, 1.54) is 18.9 Å². The predicted octanol–water partition coefficient (Wildman–Crippen LogP) is 3.01. The second-order valence-electron chi connectivity index (χ2n) is 6.65. The number of aryl methyl sites for hydroxylation is 2. The molecule has 0 spiro atoms. The lowest BCUT2D eigenvalue weighted by Crippen LogP contribution is -2.46. The standard InChI is InChI=1S/C18H24FN3O2/c1-13-6-7-14(11-15(13)19)17-21-16(24-22-17)5-4-10-20-18(12-23)8-2-3-9-18/h6-7,11,20,23H,2-5,8-10,12H2,1H3. The van der Waals surface area contributed by atoms with Gasteiger partial charge in [0, 0.05) is 17.5 Å². The van der Waals surface area contributed by atoms with Crippen molar-refractivity contribution in [1.29, 1.82) is 0 Å². The van der Waals surface area contributed by atoms with E-state index in [0.29, 0.717) is 29.3 Å². The molecule has 2 N–H and O–H groups in total. The number of hydrogen-bond donors (Lipinski definition) is 2. The molecule has 5 nitrogen and oxygen atoms in total. The minimum absolute atomic E-state index is 0.0978. The van der Waals surface area contributed by atoms with Crippen LogP contribution in [-0.2, 0) is 6.42 Å². The molecule has 1 aliphatic carbocycles. The summed E-state index contributed by atoms with van der Waals surface area (Å²) in [7, 11) is 0. The Morgan fingerprint density at radius 1 is 1.33 bits per heavy atom. The summed E-state index contributed by atoms with van der Waals surface area (Å²) in [5.74, 6) is 0.700. The van der Waals surface area contributed by atoms with Crippen LogP contribution >= 0.6 is 0 Å². The molecule has 0 atom stereocenters. The first-order valence-electron chi connectivity index (χ1n) is 8.57. The van der Waals surface area contributed by atoms with Gasteiger partial charge in [0.25, 0.3) is 0 Å². The van der Waals surface area contributed by atoms with E-state index >= 15 is 0 Å². The van der Waals surface area contributed by atoms with Gasteiger partial charge in [-0.1, -0.05) is 30.1 Å². The Morgan fingerprint density at radius 2 is 2.12 bits per heavy atom. The summed E-state index contributed by atoms with van der Waals surface area (Å²) in [5, 5.41) is 17.0. The summed E-state index contributed by atoms with van der Waals surface area (Å²) in [6.07, 6.45) is 5.93. The van der Waals surface area contributed by atoms with Crippen molar-refractivity contribution >= 4 is 0 Å². The van der Waals surface area contributed by atoms with E-state index in [9.17, 15) is 9.50 Å². The molecule has 0 radical (unpaired) electrons. The van der Waals surface area contributed by atoms with Gasteiger partial charge in [0.15, 0.2) is 0 Å². The SMILES string of the molecule is Cc1ccc(-c2noc(CCCNC3(CO)CCCC3)n2)cc1F. The van der Waals surface area contributed by atoms with Gasteiger partial charge in [-0.25, -0.2) is 4.39 Å². The van der Waals surface area contributed by atoms with Crippen molar-refractivity contribution in [3.8, 4) is 11.4 Å². The molecule has 1 fully saturated rings. The molecule has 0 saturated heterocycles. The van der Waals surface area contributed by atoms with Gasteiger partial charge in [0.05, 0.1) is 6.61 Å². The van der Waals surface area contributed by atoms with Crippen LogP contribution in [0.2, 0.25) is 0 Å². The Balaban J connectivity index is 1.52. The van der Waals surface area contributed by atoms with Crippen LogP contribution in [0.25, 0.3) is 11.4 Å². The molecule has 2 aromatic rings. The van der Waals surface area contributed by atoms with E-state index in [1.807, 2.05) is 0 Å². The van der Waals surface area contributed by atoms with Crippen LogP contribution in [0.15, 0.2) is 22.7 Å². The average Bonchev–Trinajstić information content (AvgIpc) is 3.24. The van der Waals surface area contributed by atoms with E-state index in [0.717, 1.165) is 25.8 Å². The molecule has 0 amide bonds. The monoisotopic (exact) mass is 333 g/mol. The van der Waals surface area contributed by atoms with Gasteiger partial charge in [-0.2, -0.15) is 4.98 Å². The number of nitrogens with zero attached hydrogens (tertiary/aromatic N) is 2. The second kappa shape index (κ2) is 7.40. The fourth-order valence-corrected chi connectivity index (χ4v) is 3.24. The molecule has 6 heteroatoms. The zero-order chi connectivity index (χ0) is 17.0. The Labute approximate surface area is 141 Å². The normalized spacial score (nSPS) is 16.6. The van der Waals surface area contributed by atoms with Gasteiger partial charge in [0.2, 0.25) is 11.7 Å². The second-order valence-corrected chi connectivity index (χ2v) is 6.65. The molecule has 1 aliphatic rings. The van der Waals surface area contributed by atoms with Crippen molar-refractivity contribution in [2.75, 3.05) is 13.2 Å². The van der Waals surface area contributed by atoms with Crippen LogP contribution in [0, 0.1) is 12.7 Å². The summed E-state index contributed by atoms with van der Waals surface area (Å²) in [6, 6.07) is 4.93. The maximum Gasteiger partial charge on any atom is 0.227 e. The number of halogens is 1. The number of aliphatic hydroxyl groups is 1. The summed E-state index contributed by atoms with van der Waals surface area (Å²) in [5.41, 5.74) is 1.12. The van der Waals surface area contributed by atoms with Crippen molar-refractivity contribution in [3.05, 3.63) is 35.5 Å². The van der Waals surface area contributed by atoms with Gasteiger partial charge < -0.3 is 14.9 Å². The minimum atomic E-state index is -0.270. The lowest BCUT2D eigenvalue weighted by Gasteiger charge is -2.28. The lowest BCUT2D eigenvalue weighted by molar-refractivity contribution is 0.164. The quantitative estimate of drug-likeness (QED) is 0.762. The highest BCUT2D eigenvalue weighted by Gasteiger charge is 2.32. The Bertz CT molecular complexity index is 681. The summed E-state index contributed by atoms with van der Waals surface area (Å²) in [4.78, 5) is 4.34. The zero-order valence-corrected chi connectivity index (χ0v) is 14.0. The molecule has 3 rings (SSSR count).